The van der Waals surface area contributed by atoms with Gasteiger partial charge in [-0.15, -0.1) is 22.7 Å². The number of hydrogen-bond acceptors (Lipinski definition) is 6. The summed E-state index contributed by atoms with van der Waals surface area (Å²) in [5, 5.41) is 3.88. The van der Waals surface area contributed by atoms with Crippen molar-refractivity contribution >= 4 is 34.5 Å². The highest BCUT2D eigenvalue weighted by molar-refractivity contribution is 7.12. The first-order chi connectivity index (χ1) is 15.9. The molecule has 0 aliphatic heterocycles. The molecule has 0 bridgehead atoms. The molecule has 0 aliphatic carbocycles. The first-order valence-corrected chi connectivity index (χ1v) is 12.5. The van der Waals surface area contributed by atoms with Crippen LogP contribution in [0.5, 0.6) is 11.5 Å². The fourth-order valence-electron chi connectivity index (χ4n) is 3.46. The van der Waals surface area contributed by atoms with Crippen molar-refractivity contribution in [3.63, 3.8) is 0 Å². The van der Waals surface area contributed by atoms with Crippen LogP contribution in [0.15, 0.2) is 53.2 Å². The molecule has 3 aromatic rings. The van der Waals surface area contributed by atoms with Crippen molar-refractivity contribution in [1.82, 2.24) is 9.80 Å². The molecule has 176 valence electrons. The average Bonchev–Trinajstić information content (AvgIpc) is 3.53. The van der Waals surface area contributed by atoms with Crippen molar-refractivity contribution < 1.29 is 19.1 Å². The molecule has 1 aromatic carbocycles. The molecule has 8 heteroatoms. The summed E-state index contributed by atoms with van der Waals surface area (Å²) in [6, 6.07) is 13.4. The Morgan fingerprint density at radius 3 is 2.30 bits per heavy atom. The Bertz CT molecular complexity index is 1030. The highest BCUT2D eigenvalue weighted by atomic mass is 32.1. The maximum atomic E-state index is 13.4. The summed E-state index contributed by atoms with van der Waals surface area (Å²) in [6.07, 6.45) is 0.665. The molecular formula is C25H30N2O4S2. The Kier molecular flexibility index (Phi) is 8.91. The van der Waals surface area contributed by atoms with E-state index in [0.717, 1.165) is 10.4 Å². The van der Waals surface area contributed by atoms with Crippen molar-refractivity contribution in [2.24, 2.45) is 0 Å². The Labute approximate surface area is 203 Å². The van der Waals surface area contributed by atoms with Gasteiger partial charge in [0.05, 0.1) is 25.6 Å². The molecule has 0 saturated heterocycles. The second-order valence-corrected chi connectivity index (χ2v) is 9.82. The van der Waals surface area contributed by atoms with E-state index in [4.69, 9.17) is 9.47 Å². The van der Waals surface area contributed by atoms with E-state index >= 15 is 0 Å². The molecular weight excluding hydrogens is 456 g/mol. The molecule has 0 atom stereocenters. The quantitative estimate of drug-likeness (QED) is 0.385. The summed E-state index contributed by atoms with van der Waals surface area (Å²) in [7, 11) is 3.22. The second-order valence-electron chi connectivity index (χ2n) is 7.84. The number of methoxy groups -OCH3 is 2. The standard InChI is InChI=1S/C25H30N2O4S2/c1-18(2)27(25(29)23-8-6-14-33-23)17-24(28)26(16-20-7-5-13-32-20)12-11-19-9-10-21(30-3)22(15-19)31-4/h5-10,13-15,18H,11-12,16-17H2,1-4H3. The summed E-state index contributed by atoms with van der Waals surface area (Å²) in [5.74, 6) is 1.16. The zero-order valence-electron chi connectivity index (χ0n) is 19.4. The largest absolute Gasteiger partial charge is 0.493 e. The average molecular weight is 487 g/mol. The summed E-state index contributed by atoms with van der Waals surface area (Å²) < 4.78 is 10.7. The molecule has 0 N–H and O–H groups in total. The van der Waals surface area contributed by atoms with Gasteiger partial charge in [0.1, 0.15) is 6.54 Å². The van der Waals surface area contributed by atoms with Crippen LogP contribution in [0.3, 0.4) is 0 Å². The summed E-state index contributed by atoms with van der Waals surface area (Å²) in [5.41, 5.74) is 1.05. The van der Waals surface area contributed by atoms with Crippen molar-refractivity contribution in [3.05, 3.63) is 68.5 Å². The third-order valence-electron chi connectivity index (χ3n) is 5.32. The SMILES string of the molecule is COc1ccc(CCN(Cc2cccs2)C(=O)CN(C(=O)c2cccs2)C(C)C)cc1OC. The second kappa shape index (κ2) is 11.9. The third-order valence-corrected chi connectivity index (χ3v) is 7.04. The number of hydrogen-bond donors (Lipinski definition) is 0. The van der Waals surface area contributed by atoms with E-state index in [1.165, 1.54) is 11.3 Å². The zero-order chi connectivity index (χ0) is 23.8. The fourth-order valence-corrected chi connectivity index (χ4v) is 4.86. The predicted octanol–water partition coefficient (Wildman–Crippen LogP) is 4.95. The van der Waals surface area contributed by atoms with E-state index in [9.17, 15) is 9.59 Å². The molecule has 2 amide bonds. The minimum absolute atomic E-state index is 0.0473. The van der Waals surface area contributed by atoms with Crippen LogP contribution < -0.4 is 9.47 Å². The van der Waals surface area contributed by atoms with Gasteiger partial charge in [-0.1, -0.05) is 18.2 Å². The smallest absolute Gasteiger partial charge is 0.264 e. The van der Waals surface area contributed by atoms with Gasteiger partial charge < -0.3 is 19.3 Å². The van der Waals surface area contributed by atoms with Crippen molar-refractivity contribution in [1.29, 1.82) is 0 Å². The van der Waals surface area contributed by atoms with Crippen molar-refractivity contribution in [2.75, 3.05) is 27.3 Å². The zero-order valence-corrected chi connectivity index (χ0v) is 21.1. The summed E-state index contributed by atoms with van der Waals surface area (Å²) >= 11 is 3.02. The maximum Gasteiger partial charge on any atom is 0.264 e. The number of nitrogens with zero attached hydrogens (tertiary/aromatic N) is 2. The summed E-state index contributed by atoms with van der Waals surface area (Å²) in [4.78, 5) is 31.6. The number of thiophene rings is 2. The van der Waals surface area contributed by atoms with Gasteiger partial charge in [-0.3, -0.25) is 9.59 Å². The van der Waals surface area contributed by atoms with Gasteiger partial charge >= 0.3 is 0 Å². The van der Waals surface area contributed by atoms with Crippen molar-refractivity contribution in [3.8, 4) is 11.5 Å². The molecule has 0 spiro atoms. The minimum Gasteiger partial charge on any atom is -0.493 e. The van der Waals surface area contributed by atoms with E-state index in [0.29, 0.717) is 35.9 Å². The third kappa shape index (κ3) is 6.58. The number of rotatable bonds is 11. The van der Waals surface area contributed by atoms with Gasteiger partial charge in [-0.05, 0) is 60.9 Å². The van der Waals surface area contributed by atoms with Crippen LogP contribution in [0, 0.1) is 0 Å². The van der Waals surface area contributed by atoms with Gasteiger partial charge in [0.2, 0.25) is 5.91 Å². The van der Waals surface area contributed by atoms with Crippen LogP contribution in [0.1, 0.15) is 34.0 Å². The van der Waals surface area contributed by atoms with Gasteiger partial charge in [-0.25, -0.2) is 0 Å². The molecule has 2 aromatic heterocycles. The molecule has 0 saturated carbocycles. The number of ether oxygens (including phenoxy) is 2. The van der Waals surface area contributed by atoms with E-state index < -0.39 is 0 Å². The summed E-state index contributed by atoms with van der Waals surface area (Å²) in [6.45, 7) is 4.97. The van der Waals surface area contributed by atoms with Crippen LogP contribution in [0.2, 0.25) is 0 Å². The maximum absolute atomic E-state index is 13.4. The van der Waals surface area contributed by atoms with E-state index in [1.54, 1.807) is 36.5 Å². The van der Waals surface area contributed by atoms with Gasteiger partial charge in [0, 0.05) is 17.5 Å². The highest BCUT2D eigenvalue weighted by Crippen LogP contribution is 2.28. The van der Waals surface area contributed by atoms with Gasteiger partial charge in [-0.2, -0.15) is 0 Å². The van der Waals surface area contributed by atoms with Crippen LogP contribution in [-0.4, -0.2) is 55.0 Å². The van der Waals surface area contributed by atoms with Crippen molar-refractivity contribution in [2.45, 2.75) is 32.9 Å². The molecule has 2 heterocycles. The van der Waals surface area contributed by atoms with Crippen LogP contribution in [0.4, 0.5) is 0 Å². The van der Waals surface area contributed by atoms with Gasteiger partial charge in [0.15, 0.2) is 11.5 Å². The Morgan fingerprint density at radius 2 is 1.70 bits per heavy atom. The topological polar surface area (TPSA) is 59.1 Å². The molecule has 3 rings (SSSR count). The lowest BCUT2D eigenvalue weighted by molar-refractivity contribution is -0.132. The monoisotopic (exact) mass is 486 g/mol. The molecule has 33 heavy (non-hydrogen) atoms. The Hall–Kier alpha value is -2.84. The molecule has 0 radical (unpaired) electrons. The normalized spacial score (nSPS) is 10.8. The molecule has 0 aliphatic rings. The first kappa shape index (κ1) is 24.8. The fraction of sp³-hybridized carbons (Fsp3) is 0.360. The molecule has 0 fully saturated rings. The van der Waals surface area contributed by atoms with E-state index in [2.05, 4.69) is 0 Å². The number of carbonyl (C=O) groups excluding carboxylic acids is 2. The first-order valence-electron chi connectivity index (χ1n) is 10.8. The van der Waals surface area contributed by atoms with E-state index in [1.807, 2.05) is 65.9 Å². The van der Waals surface area contributed by atoms with Crippen LogP contribution in [-0.2, 0) is 17.8 Å². The number of amides is 2. The van der Waals surface area contributed by atoms with Crippen LogP contribution in [0.25, 0.3) is 0 Å². The number of carbonyl (C=O) groups is 2. The lowest BCUT2D eigenvalue weighted by Crippen LogP contribution is -2.46. The number of benzene rings is 1. The lowest BCUT2D eigenvalue weighted by Gasteiger charge is -2.30. The van der Waals surface area contributed by atoms with Gasteiger partial charge in [0.25, 0.3) is 5.91 Å². The lowest BCUT2D eigenvalue weighted by atomic mass is 10.1. The Balaban J connectivity index is 1.75. The highest BCUT2D eigenvalue weighted by Gasteiger charge is 2.25. The molecule has 0 unspecified atom stereocenters. The van der Waals surface area contributed by atoms with E-state index in [-0.39, 0.29) is 24.4 Å². The van der Waals surface area contributed by atoms with Crippen LogP contribution >= 0.6 is 22.7 Å². The Morgan fingerprint density at radius 1 is 0.970 bits per heavy atom. The minimum atomic E-state index is -0.107. The molecule has 6 nitrogen and oxygen atoms in total. The predicted molar refractivity (Wildman–Crippen MR) is 133 cm³/mol.